The number of amides is 1. The van der Waals surface area contributed by atoms with Gasteiger partial charge in [0.15, 0.2) is 11.8 Å². The highest BCUT2D eigenvalue weighted by atomic mass is 19.4. The zero-order chi connectivity index (χ0) is 14.8. The van der Waals surface area contributed by atoms with Crippen molar-refractivity contribution in [3.8, 4) is 5.75 Å². The fourth-order valence-electron chi connectivity index (χ4n) is 1.62. The first-order chi connectivity index (χ1) is 8.70. The number of nitrogens with zero attached hydrogens (tertiary/aromatic N) is 1. The minimum atomic E-state index is -4.89. The van der Waals surface area contributed by atoms with E-state index in [0.717, 1.165) is 12.1 Å². The molecule has 0 aliphatic rings. The van der Waals surface area contributed by atoms with Crippen LogP contribution in [0.1, 0.15) is 17.2 Å². The molecule has 1 unspecified atom stereocenters. The number of benzene rings is 1. The first-order valence-electron chi connectivity index (χ1n) is 4.93. The van der Waals surface area contributed by atoms with E-state index in [2.05, 4.69) is 0 Å². The number of nitro benzene ring substituents is 1. The molecule has 1 amide bonds. The minimum absolute atomic E-state index is 0.0280. The highest BCUT2D eigenvalue weighted by Crippen LogP contribution is 2.42. The van der Waals surface area contributed by atoms with E-state index in [9.17, 15) is 33.2 Å². The fraction of sp³-hybridized carbons (Fsp3) is 0.300. The fourth-order valence-corrected chi connectivity index (χ4v) is 1.62. The molecule has 104 valence electrons. The molecule has 1 aromatic carbocycles. The van der Waals surface area contributed by atoms with Gasteiger partial charge in [0.25, 0.3) is 0 Å². The number of alkyl halides is 3. The highest BCUT2D eigenvalue weighted by Gasteiger charge is 2.44. The molecule has 0 radical (unpaired) electrons. The van der Waals surface area contributed by atoms with Crippen molar-refractivity contribution >= 4 is 12.1 Å². The molecule has 0 saturated heterocycles. The first kappa shape index (κ1) is 14.7. The maximum atomic E-state index is 12.8. The Bertz CT molecular complexity index is 516. The summed E-state index contributed by atoms with van der Waals surface area (Å²) in [7, 11) is 0. The van der Waals surface area contributed by atoms with E-state index in [1.807, 2.05) is 0 Å². The number of rotatable bonds is 4. The molecular formula is C10H9F3N2O4. The number of hydrogen-bond acceptors (Lipinski definition) is 4. The SMILES string of the molecule is Cc1ccc([N+](=O)[O-])c(O)c1C(NC=O)C(F)(F)F. The molecule has 1 rings (SSSR count). The van der Waals surface area contributed by atoms with Gasteiger partial charge in [0.2, 0.25) is 6.41 Å². The molecule has 1 aromatic rings. The van der Waals surface area contributed by atoms with Gasteiger partial charge in [-0.25, -0.2) is 0 Å². The molecule has 1 atom stereocenters. The monoisotopic (exact) mass is 278 g/mol. The molecule has 9 heteroatoms. The maximum absolute atomic E-state index is 12.8. The topological polar surface area (TPSA) is 92.5 Å². The Balaban J connectivity index is 3.49. The zero-order valence-electron chi connectivity index (χ0n) is 9.56. The second-order valence-electron chi connectivity index (χ2n) is 3.68. The lowest BCUT2D eigenvalue weighted by atomic mass is 9.98. The van der Waals surface area contributed by atoms with E-state index in [4.69, 9.17) is 0 Å². The van der Waals surface area contributed by atoms with Crippen LogP contribution >= 0.6 is 0 Å². The molecule has 6 nitrogen and oxygen atoms in total. The third kappa shape index (κ3) is 2.92. The lowest BCUT2D eigenvalue weighted by Crippen LogP contribution is -2.34. The normalized spacial score (nSPS) is 12.8. The summed E-state index contributed by atoms with van der Waals surface area (Å²) in [5.74, 6) is -1.11. The molecular weight excluding hydrogens is 269 g/mol. The smallest absolute Gasteiger partial charge is 0.413 e. The predicted octanol–water partition coefficient (Wildman–Crippen LogP) is 1.96. The molecule has 2 N–H and O–H groups in total. The quantitative estimate of drug-likeness (QED) is 0.500. The Morgan fingerprint density at radius 3 is 2.47 bits per heavy atom. The predicted molar refractivity (Wildman–Crippen MR) is 57.5 cm³/mol. The van der Waals surface area contributed by atoms with Gasteiger partial charge in [-0.1, -0.05) is 6.07 Å². The standard InChI is InChI=1S/C10H9F3N2O4/c1-5-2-3-6(15(18)19)8(17)7(5)9(14-4-16)10(11,12)13/h2-4,9,17H,1H3,(H,14,16). The Hall–Kier alpha value is -2.32. The van der Waals surface area contributed by atoms with Crippen molar-refractivity contribution in [2.24, 2.45) is 0 Å². The highest BCUT2D eigenvalue weighted by molar-refractivity contribution is 5.58. The van der Waals surface area contributed by atoms with Gasteiger partial charge in [0.1, 0.15) is 0 Å². The van der Waals surface area contributed by atoms with Crippen LogP contribution in [0.3, 0.4) is 0 Å². The summed E-state index contributed by atoms with van der Waals surface area (Å²) in [6.07, 6.45) is -5.08. The number of carbonyl (C=O) groups is 1. The van der Waals surface area contributed by atoms with Gasteiger partial charge in [0.05, 0.1) is 4.92 Å². The molecule has 0 heterocycles. The summed E-state index contributed by atoms with van der Waals surface area (Å²) in [6, 6.07) is -0.550. The van der Waals surface area contributed by atoms with Crippen LogP contribution in [0.2, 0.25) is 0 Å². The van der Waals surface area contributed by atoms with Crippen molar-refractivity contribution in [1.82, 2.24) is 5.32 Å². The van der Waals surface area contributed by atoms with Crippen LogP contribution in [0.4, 0.5) is 18.9 Å². The molecule has 19 heavy (non-hydrogen) atoms. The van der Waals surface area contributed by atoms with Crippen molar-refractivity contribution in [2.45, 2.75) is 19.1 Å². The van der Waals surface area contributed by atoms with E-state index in [0.29, 0.717) is 0 Å². The number of hydrogen-bond donors (Lipinski definition) is 2. The number of phenolic OH excluding ortho intramolecular Hbond substituents is 1. The van der Waals surface area contributed by atoms with Crippen molar-refractivity contribution in [1.29, 1.82) is 0 Å². The van der Waals surface area contributed by atoms with Gasteiger partial charge in [0, 0.05) is 11.6 Å². The van der Waals surface area contributed by atoms with Crippen LogP contribution in [0.25, 0.3) is 0 Å². The van der Waals surface area contributed by atoms with E-state index < -0.39 is 34.1 Å². The van der Waals surface area contributed by atoms with Gasteiger partial charge in [-0.2, -0.15) is 13.2 Å². The summed E-state index contributed by atoms with van der Waals surface area (Å²) < 4.78 is 38.3. The lowest BCUT2D eigenvalue weighted by molar-refractivity contribution is -0.386. The molecule has 0 aliphatic carbocycles. The minimum Gasteiger partial charge on any atom is -0.502 e. The Labute approximate surface area is 105 Å². The van der Waals surface area contributed by atoms with E-state index in [-0.39, 0.29) is 12.0 Å². The summed E-state index contributed by atoms with van der Waals surface area (Å²) >= 11 is 0. The van der Waals surface area contributed by atoms with Gasteiger partial charge in [-0.15, -0.1) is 0 Å². The van der Waals surface area contributed by atoms with Crippen LogP contribution in [0.5, 0.6) is 5.75 Å². The summed E-state index contributed by atoms with van der Waals surface area (Å²) in [4.78, 5) is 19.8. The Kier molecular flexibility index (Phi) is 3.98. The van der Waals surface area contributed by atoms with Crippen molar-refractivity contribution in [2.75, 3.05) is 0 Å². The summed E-state index contributed by atoms with van der Waals surface area (Å²) in [5.41, 5.74) is -1.63. The van der Waals surface area contributed by atoms with Crippen molar-refractivity contribution in [3.05, 3.63) is 33.4 Å². The average molecular weight is 278 g/mol. The van der Waals surface area contributed by atoms with E-state index in [1.54, 1.807) is 0 Å². The third-order valence-corrected chi connectivity index (χ3v) is 2.46. The number of aryl methyl sites for hydroxylation is 1. The van der Waals surface area contributed by atoms with Crippen LogP contribution in [0, 0.1) is 17.0 Å². The second kappa shape index (κ2) is 5.12. The number of carbonyl (C=O) groups excluding carboxylic acids is 1. The second-order valence-corrected chi connectivity index (χ2v) is 3.68. The van der Waals surface area contributed by atoms with Crippen LogP contribution in [0.15, 0.2) is 12.1 Å². The van der Waals surface area contributed by atoms with Gasteiger partial charge < -0.3 is 10.4 Å². The van der Waals surface area contributed by atoms with Gasteiger partial charge in [-0.3, -0.25) is 14.9 Å². The van der Waals surface area contributed by atoms with Crippen molar-refractivity contribution in [3.63, 3.8) is 0 Å². The number of phenols is 1. The zero-order valence-corrected chi connectivity index (χ0v) is 9.56. The summed E-state index contributed by atoms with van der Waals surface area (Å²) in [6.45, 7) is 1.24. The number of nitrogens with one attached hydrogen (secondary N) is 1. The Morgan fingerprint density at radius 1 is 1.47 bits per heavy atom. The molecule has 0 aliphatic heterocycles. The van der Waals surface area contributed by atoms with Gasteiger partial charge >= 0.3 is 11.9 Å². The third-order valence-electron chi connectivity index (χ3n) is 2.46. The van der Waals surface area contributed by atoms with E-state index in [1.165, 1.54) is 12.2 Å². The number of nitro groups is 1. The molecule has 0 aromatic heterocycles. The maximum Gasteiger partial charge on any atom is 0.413 e. The van der Waals surface area contributed by atoms with Crippen molar-refractivity contribution < 1.29 is 28.0 Å². The summed E-state index contributed by atoms with van der Waals surface area (Å²) in [5, 5.41) is 21.7. The molecule has 0 bridgehead atoms. The van der Waals surface area contributed by atoms with Crippen LogP contribution in [-0.4, -0.2) is 22.6 Å². The molecule has 0 saturated carbocycles. The number of aromatic hydroxyl groups is 1. The molecule has 0 fully saturated rings. The Morgan fingerprint density at radius 2 is 2.05 bits per heavy atom. The number of halogens is 3. The first-order valence-corrected chi connectivity index (χ1v) is 4.93. The largest absolute Gasteiger partial charge is 0.502 e. The molecule has 0 spiro atoms. The van der Waals surface area contributed by atoms with Crippen LogP contribution < -0.4 is 5.32 Å². The van der Waals surface area contributed by atoms with Crippen LogP contribution in [-0.2, 0) is 4.79 Å². The van der Waals surface area contributed by atoms with Gasteiger partial charge in [-0.05, 0) is 12.5 Å². The average Bonchev–Trinajstić information content (AvgIpc) is 2.26. The van der Waals surface area contributed by atoms with E-state index >= 15 is 0 Å². The lowest BCUT2D eigenvalue weighted by Gasteiger charge is -2.22.